The lowest BCUT2D eigenvalue weighted by atomic mass is 9.98. The van der Waals surface area contributed by atoms with E-state index in [4.69, 9.17) is 11.5 Å². The van der Waals surface area contributed by atoms with Crippen LogP contribution in [0.1, 0.15) is 52.4 Å². The minimum Gasteiger partial charge on any atom is -0.480 e. The number of carboxylic acids is 1. The smallest absolute Gasteiger partial charge is 0.326 e. The van der Waals surface area contributed by atoms with Gasteiger partial charge in [-0.05, 0) is 44.6 Å². The summed E-state index contributed by atoms with van der Waals surface area (Å²) in [7, 11) is 0. The van der Waals surface area contributed by atoms with Crippen LogP contribution in [0.5, 0.6) is 0 Å². The van der Waals surface area contributed by atoms with E-state index in [0.29, 0.717) is 51.6 Å². The summed E-state index contributed by atoms with van der Waals surface area (Å²) < 4.78 is 0. The van der Waals surface area contributed by atoms with Crippen molar-refractivity contribution >= 4 is 36.3 Å². The van der Waals surface area contributed by atoms with Crippen LogP contribution in [0.2, 0.25) is 0 Å². The third-order valence-corrected chi connectivity index (χ3v) is 6.10. The Morgan fingerprint density at radius 2 is 1.90 bits per heavy atom. The molecule has 0 saturated carbocycles. The van der Waals surface area contributed by atoms with Crippen LogP contribution in [0.3, 0.4) is 0 Å². The number of thiol groups is 1. The molecule has 5 atom stereocenters. The van der Waals surface area contributed by atoms with Gasteiger partial charge in [-0.25, -0.2) is 4.79 Å². The van der Waals surface area contributed by atoms with E-state index < -0.39 is 42.0 Å². The quantitative estimate of drug-likeness (QED) is 0.159. The van der Waals surface area contributed by atoms with Gasteiger partial charge in [-0.15, -0.1) is 0 Å². The van der Waals surface area contributed by atoms with Crippen molar-refractivity contribution in [3.8, 4) is 0 Å². The summed E-state index contributed by atoms with van der Waals surface area (Å²) in [5.74, 6) is -2.56. The van der Waals surface area contributed by atoms with E-state index in [0.717, 1.165) is 0 Å². The van der Waals surface area contributed by atoms with E-state index in [1.165, 1.54) is 4.90 Å². The van der Waals surface area contributed by atoms with Crippen LogP contribution < -0.4 is 22.1 Å². The number of hydrogen-bond acceptors (Lipinski definition) is 7. The predicted molar refractivity (Wildman–Crippen MR) is 120 cm³/mol. The van der Waals surface area contributed by atoms with Crippen molar-refractivity contribution in [1.82, 2.24) is 15.5 Å². The van der Waals surface area contributed by atoms with Gasteiger partial charge in [0, 0.05) is 12.3 Å². The molecule has 0 aromatic heterocycles. The van der Waals surface area contributed by atoms with E-state index in [-0.39, 0.29) is 17.6 Å². The van der Waals surface area contributed by atoms with Gasteiger partial charge in [0.05, 0.1) is 6.04 Å². The number of nitrogens with zero attached hydrogens (tertiary/aromatic N) is 1. The number of rotatable bonds is 13. The van der Waals surface area contributed by atoms with Gasteiger partial charge >= 0.3 is 5.97 Å². The van der Waals surface area contributed by atoms with Gasteiger partial charge in [0.1, 0.15) is 18.1 Å². The average Bonchev–Trinajstić information content (AvgIpc) is 3.24. The summed E-state index contributed by atoms with van der Waals surface area (Å²) in [6, 6.07) is -3.48. The number of aliphatic carboxylic acids is 1. The number of nitrogens with two attached hydrogens (primary N) is 2. The summed E-state index contributed by atoms with van der Waals surface area (Å²) in [5, 5.41) is 14.7. The minimum absolute atomic E-state index is 0.135. The second kappa shape index (κ2) is 13.5. The Morgan fingerprint density at radius 3 is 2.45 bits per heavy atom. The predicted octanol–water partition coefficient (Wildman–Crippen LogP) is -0.536. The highest BCUT2D eigenvalue weighted by atomic mass is 32.1. The third kappa shape index (κ3) is 7.97. The lowest BCUT2D eigenvalue weighted by Crippen LogP contribution is -2.57. The van der Waals surface area contributed by atoms with Gasteiger partial charge in [0.25, 0.3) is 0 Å². The Bertz CT molecular complexity index is 635. The molecule has 11 heteroatoms. The number of likely N-dealkylation sites (tertiary alicyclic amines) is 1. The Kier molecular flexibility index (Phi) is 11.9. The van der Waals surface area contributed by atoms with Crippen molar-refractivity contribution in [2.75, 3.05) is 18.8 Å². The molecule has 10 nitrogen and oxygen atoms in total. The van der Waals surface area contributed by atoms with E-state index in [9.17, 15) is 24.3 Å². The van der Waals surface area contributed by atoms with E-state index >= 15 is 0 Å². The fraction of sp³-hybridized carbons (Fsp3) is 0.800. The normalized spacial score (nSPS) is 19.9. The number of carbonyl (C=O) groups is 4. The van der Waals surface area contributed by atoms with Crippen LogP contribution >= 0.6 is 12.6 Å². The molecular formula is C20H37N5O5S. The fourth-order valence-corrected chi connectivity index (χ4v) is 3.71. The highest BCUT2D eigenvalue weighted by molar-refractivity contribution is 7.80. The molecule has 0 aromatic carbocycles. The highest BCUT2D eigenvalue weighted by Gasteiger charge is 2.39. The molecule has 5 unspecified atom stereocenters. The lowest BCUT2D eigenvalue weighted by Gasteiger charge is -2.30. The maximum atomic E-state index is 13.2. The molecule has 0 aromatic rings. The van der Waals surface area contributed by atoms with Crippen molar-refractivity contribution in [2.45, 2.75) is 76.5 Å². The van der Waals surface area contributed by atoms with Crippen LogP contribution in [0, 0.1) is 5.92 Å². The molecule has 1 fully saturated rings. The minimum atomic E-state index is -1.11. The number of amides is 3. The fourth-order valence-electron chi connectivity index (χ4n) is 3.55. The van der Waals surface area contributed by atoms with Gasteiger partial charge < -0.3 is 32.1 Å². The van der Waals surface area contributed by atoms with Crippen molar-refractivity contribution < 1.29 is 24.3 Å². The lowest BCUT2D eigenvalue weighted by molar-refractivity contribution is -0.146. The third-order valence-electron chi connectivity index (χ3n) is 5.71. The first-order valence-electron chi connectivity index (χ1n) is 10.9. The van der Waals surface area contributed by atoms with Gasteiger partial charge in [0.2, 0.25) is 17.7 Å². The first kappa shape index (κ1) is 27.2. The zero-order valence-electron chi connectivity index (χ0n) is 18.4. The first-order valence-corrected chi connectivity index (χ1v) is 11.5. The Hall–Kier alpha value is -1.85. The maximum absolute atomic E-state index is 13.2. The Balaban J connectivity index is 2.94. The largest absolute Gasteiger partial charge is 0.480 e. The molecule has 1 rings (SSSR count). The molecule has 1 saturated heterocycles. The zero-order valence-corrected chi connectivity index (χ0v) is 19.3. The molecule has 0 aliphatic carbocycles. The van der Waals surface area contributed by atoms with E-state index in [2.05, 4.69) is 23.3 Å². The standard InChI is InChI=1S/C20H37N5O5S/c1-3-12(2)16(20(29)30)24-18(27)15-8-6-10-25(15)19(28)14(7-4-5-9-21)23-17(26)13(22)11-31/h12-16,31H,3-11,21-22H2,1-2H3,(H,23,26)(H,24,27)(H,29,30). The van der Waals surface area contributed by atoms with Crippen molar-refractivity contribution in [2.24, 2.45) is 17.4 Å². The molecule has 31 heavy (non-hydrogen) atoms. The van der Waals surface area contributed by atoms with Crippen LogP contribution in [0.4, 0.5) is 0 Å². The van der Waals surface area contributed by atoms with Gasteiger partial charge in [-0.2, -0.15) is 12.6 Å². The Morgan fingerprint density at radius 1 is 1.23 bits per heavy atom. The SMILES string of the molecule is CCC(C)C(NC(=O)C1CCCN1C(=O)C(CCCCN)NC(=O)C(N)CS)C(=O)O. The van der Waals surface area contributed by atoms with E-state index in [1.54, 1.807) is 6.92 Å². The Labute approximate surface area is 189 Å². The molecular weight excluding hydrogens is 422 g/mol. The maximum Gasteiger partial charge on any atom is 0.326 e. The molecule has 178 valence electrons. The molecule has 7 N–H and O–H groups in total. The molecule has 1 heterocycles. The van der Waals surface area contributed by atoms with Crippen LogP contribution in [-0.4, -0.2) is 76.7 Å². The van der Waals surface area contributed by atoms with Gasteiger partial charge in [-0.3, -0.25) is 14.4 Å². The van der Waals surface area contributed by atoms with Gasteiger partial charge in [0.15, 0.2) is 0 Å². The second-order valence-corrected chi connectivity index (χ2v) is 8.40. The number of unbranched alkanes of at least 4 members (excludes halogenated alkanes) is 1. The highest BCUT2D eigenvalue weighted by Crippen LogP contribution is 2.21. The zero-order chi connectivity index (χ0) is 23.6. The molecule has 1 aliphatic rings. The average molecular weight is 460 g/mol. The van der Waals surface area contributed by atoms with Crippen LogP contribution in [-0.2, 0) is 19.2 Å². The number of carboxylic acid groups (broad SMARTS) is 1. The van der Waals surface area contributed by atoms with Crippen molar-refractivity contribution in [1.29, 1.82) is 0 Å². The first-order chi connectivity index (χ1) is 14.7. The molecule has 0 bridgehead atoms. The summed E-state index contributed by atoms with van der Waals surface area (Å²) >= 11 is 4.02. The monoisotopic (exact) mass is 459 g/mol. The van der Waals surface area contributed by atoms with Crippen molar-refractivity contribution in [3.63, 3.8) is 0 Å². The van der Waals surface area contributed by atoms with E-state index in [1.807, 2.05) is 6.92 Å². The molecule has 1 aliphatic heterocycles. The number of hydrogen-bond donors (Lipinski definition) is 6. The summed E-state index contributed by atoms with van der Waals surface area (Å²) in [6.07, 6.45) is 3.33. The number of nitrogens with one attached hydrogen (secondary N) is 2. The molecule has 0 spiro atoms. The molecule has 0 radical (unpaired) electrons. The molecule has 3 amide bonds. The van der Waals surface area contributed by atoms with Crippen LogP contribution in [0.25, 0.3) is 0 Å². The second-order valence-electron chi connectivity index (χ2n) is 8.03. The summed E-state index contributed by atoms with van der Waals surface area (Å²) in [5.41, 5.74) is 11.3. The van der Waals surface area contributed by atoms with Crippen LogP contribution in [0.15, 0.2) is 0 Å². The summed E-state index contributed by atoms with van der Waals surface area (Å²) in [4.78, 5) is 51.3. The number of carbonyl (C=O) groups excluding carboxylic acids is 3. The summed E-state index contributed by atoms with van der Waals surface area (Å²) in [6.45, 7) is 4.43. The topological polar surface area (TPSA) is 168 Å². The van der Waals surface area contributed by atoms with Crippen molar-refractivity contribution in [3.05, 3.63) is 0 Å². The van der Waals surface area contributed by atoms with Gasteiger partial charge in [-0.1, -0.05) is 20.3 Å².